The predicted molar refractivity (Wildman–Crippen MR) is 91.2 cm³/mol. The molecule has 0 bridgehead atoms. The Morgan fingerprint density at radius 1 is 1.12 bits per heavy atom. The summed E-state index contributed by atoms with van der Waals surface area (Å²) in [5, 5.41) is 2.94. The summed E-state index contributed by atoms with van der Waals surface area (Å²) in [4.78, 5) is 12.4. The zero-order valence-electron chi connectivity index (χ0n) is 14.4. The van der Waals surface area contributed by atoms with Gasteiger partial charge in [0.2, 0.25) is 0 Å². The average Bonchev–Trinajstić information content (AvgIpc) is 2.59. The number of carbonyl (C=O) groups excluding carboxylic acids is 1. The molecular formula is C19H22FNO3. The van der Waals surface area contributed by atoms with Gasteiger partial charge >= 0.3 is 0 Å². The summed E-state index contributed by atoms with van der Waals surface area (Å²) in [6, 6.07) is 9.81. The predicted octanol–water partition coefficient (Wildman–Crippen LogP) is 4.03. The van der Waals surface area contributed by atoms with E-state index in [2.05, 4.69) is 5.32 Å². The van der Waals surface area contributed by atoms with Gasteiger partial charge in [-0.1, -0.05) is 19.1 Å². The first-order valence-electron chi connectivity index (χ1n) is 7.79. The Kier molecular flexibility index (Phi) is 5.79. The third kappa shape index (κ3) is 3.85. The molecule has 0 saturated heterocycles. The van der Waals surface area contributed by atoms with Crippen molar-refractivity contribution in [1.82, 2.24) is 5.32 Å². The third-order valence-corrected chi connectivity index (χ3v) is 3.95. The van der Waals surface area contributed by atoms with Crippen molar-refractivity contribution >= 4 is 5.91 Å². The maximum absolute atomic E-state index is 13.8. The number of amides is 1. The number of nitrogens with one attached hydrogen (secondary N) is 1. The molecule has 0 saturated carbocycles. The Balaban J connectivity index is 2.19. The van der Waals surface area contributed by atoms with Gasteiger partial charge in [-0.2, -0.15) is 0 Å². The highest BCUT2D eigenvalue weighted by Gasteiger charge is 2.16. The van der Waals surface area contributed by atoms with E-state index in [4.69, 9.17) is 9.47 Å². The van der Waals surface area contributed by atoms with Crippen LogP contribution in [0, 0.1) is 12.7 Å². The van der Waals surface area contributed by atoms with Crippen molar-refractivity contribution in [2.45, 2.75) is 26.3 Å². The highest BCUT2D eigenvalue weighted by Crippen LogP contribution is 2.25. The Morgan fingerprint density at radius 3 is 2.33 bits per heavy atom. The van der Waals surface area contributed by atoms with Crippen LogP contribution >= 0.6 is 0 Å². The molecule has 1 atom stereocenters. The Hall–Kier alpha value is -2.56. The molecule has 0 aliphatic carbocycles. The molecule has 0 aromatic heterocycles. The van der Waals surface area contributed by atoms with Crippen molar-refractivity contribution in [3.8, 4) is 11.5 Å². The number of rotatable bonds is 6. The second kappa shape index (κ2) is 7.81. The molecule has 0 aliphatic heterocycles. The fraction of sp³-hybridized carbons (Fsp3) is 0.316. The summed E-state index contributed by atoms with van der Waals surface area (Å²) in [5.74, 6) is 0.0388. The van der Waals surface area contributed by atoms with Crippen LogP contribution in [0.25, 0.3) is 0 Å². The first-order chi connectivity index (χ1) is 11.5. The molecule has 0 unspecified atom stereocenters. The smallest absolute Gasteiger partial charge is 0.251 e. The molecule has 0 radical (unpaired) electrons. The number of aryl methyl sites for hydroxylation is 1. The quantitative estimate of drug-likeness (QED) is 0.869. The lowest BCUT2D eigenvalue weighted by Crippen LogP contribution is -2.28. The largest absolute Gasteiger partial charge is 0.496 e. The van der Waals surface area contributed by atoms with Crippen LogP contribution in [0.5, 0.6) is 11.5 Å². The Bertz CT molecular complexity index is 731. The maximum Gasteiger partial charge on any atom is 0.251 e. The fourth-order valence-corrected chi connectivity index (χ4v) is 2.59. The van der Waals surface area contributed by atoms with E-state index in [1.165, 1.54) is 19.2 Å². The molecule has 0 spiro atoms. The second-order valence-electron chi connectivity index (χ2n) is 5.51. The molecule has 128 valence electrons. The average molecular weight is 331 g/mol. The lowest BCUT2D eigenvalue weighted by atomic mass is 10.0. The summed E-state index contributed by atoms with van der Waals surface area (Å²) in [7, 11) is 3.01. The molecule has 0 heterocycles. The summed E-state index contributed by atoms with van der Waals surface area (Å²) >= 11 is 0. The SMILES string of the molecule is CC[C@@H](NC(=O)c1ccc(OC)c(F)c1)c1ccc(OC)c(C)c1. The van der Waals surface area contributed by atoms with Crippen molar-refractivity contribution in [1.29, 1.82) is 0 Å². The topological polar surface area (TPSA) is 47.6 Å². The van der Waals surface area contributed by atoms with Gasteiger partial charge in [-0.3, -0.25) is 4.79 Å². The standard InChI is InChI=1S/C19H22FNO3/c1-5-16(13-6-8-17(23-3)12(2)10-13)21-19(22)14-7-9-18(24-4)15(20)11-14/h6-11,16H,5H2,1-4H3,(H,21,22)/t16-/m1/s1. The minimum Gasteiger partial charge on any atom is -0.496 e. The van der Waals surface area contributed by atoms with Crippen molar-refractivity contribution in [3.05, 3.63) is 58.9 Å². The van der Waals surface area contributed by atoms with Crippen molar-refractivity contribution in [2.24, 2.45) is 0 Å². The number of methoxy groups -OCH3 is 2. The molecule has 0 fully saturated rings. The second-order valence-corrected chi connectivity index (χ2v) is 5.51. The van der Waals surface area contributed by atoms with Crippen LogP contribution in [0.15, 0.2) is 36.4 Å². The molecule has 2 aromatic carbocycles. The van der Waals surface area contributed by atoms with Crippen LogP contribution in [0.1, 0.15) is 40.9 Å². The normalized spacial score (nSPS) is 11.7. The molecular weight excluding hydrogens is 309 g/mol. The molecule has 2 rings (SSSR count). The molecule has 5 heteroatoms. The Labute approximate surface area is 141 Å². The van der Waals surface area contributed by atoms with Crippen LogP contribution in [0.3, 0.4) is 0 Å². The van der Waals surface area contributed by atoms with Gasteiger partial charge in [0.1, 0.15) is 5.75 Å². The number of hydrogen-bond acceptors (Lipinski definition) is 3. The van der Waals surface area contributed by atoms with Crippen molar-refractivity contribution in [3.63, 3.8) is 0 Å². The first-order valence-corrected chi connectivity index (χ1v) is 7.79. The van der Waals surface area contributed by atoms with Gasteiger partial charge in [0, 0.05) is 5.56 Å². The van der Waals surface area contributed by atoms with Crippen LogP contribution in [-0.4, -0.2) is 20.1 Å². The van der Waals surface area contributed by atoms with Gasteiger partial charge in [0.15, 0.2) is 11.6 Å². The van der Waals surface area contributed by atoms with E-state index in [-0.39, 0.29) is 23.3 Å². The monoisotopic (exact) mass is 331 g/mol. The molecule has 1 amide bonds. The highest BCUT2D eigenvalue weighted by molar-refractivity contribution is 5.94. The molecule has 0 aliphatic rings. The highest BCUT2D eigenvalue weighted by atomic mass is 19.1. The van der Waals surface area contributed by atoms with Gasteiger partial charge in [-0.05, 0) is 48.7 Å². The zero-order valence-corrected chi connectivity index (χ0v) is 14.4. The van der Waals surface area contributed by atoms with E-state index in [0.29, 0.717) is 0 Å². The minimum atomic E-state index is -0.557. The molecule has 2 aromatic rings. The summed E-state index contributed by atoms with van der Waals surface area (Å²) in [5.41, 5.74) is 2.24. The third-order valence-electron chi connectivity index (χ3n) is 3.95. The van der Waals surface area contributed by atoms with Crippen LogP contribution in [0.4, 0.5) is 4.39 Å². The van der Waals surface area contributed by atoms with Crippen LogP contribution in [0.2, 0.25) is 0 Å². The van der Waals surface area contributed by atoms with E-state index < -0.39 is 5.82 Å². The van der Waals surface area contributed by atoms with Crippen molar-refractivity contribution < 1.29 is 18.7 Å². The molecule has 24 heavy (non-hydrogen) atoms. The zero-order chi connectivity index (χ0) is 17.7. The van der Waals surface area contributed by atoms with Crippen molar-refractivity contribution in [2.75, 3.05) is 14.2 Å². The first kappa shape index (κ1) is 17.8. The van der Waals surface area contributed by atoms with Gasteiger partial charge < -0.3 is 14.8 Å². The van der Waals surface area contributed by atoms with E-state index in [9.17, 15) is 9.18 Å². The maximum atomic E-state index is 13.8. The van der Waals surface area contributed by atoms with E-state index in [1.807, 2.05) is 32.0 Å². The van der Waals surface area contributed by atoms with E-state index in [1.54, 1.807) is 13.2 Å². The number of hydrogen-bond donors (Lipinski definition) is 1. The Morgan fingerprint density at radius 2 is 1.79 bits per heavy atom. The molecule has 4 nitrogen and oxygen atoms in total. The summed E-state index contributed by atoms with van der Waals surface area (Å²) in [6.07, 6.45) is 0.718. The number of ether oxygens (including phenoxy) is 2. The van der Waals surface area contributed by atoms with Gasteiger partial charge in [-0.15, -0.1) is 0 Å². The van der Waals surface area contributed by atoms with Crippen LogP contribution < -0.4 is 14.8 Å². The molecule has 1 N–H and O–H groups in total. The van der Waals surface area contributed by atoms with E-state index >= 15 is 0 Å². The van der Waals surface area contributed by atoms with E-state index in [0.717, 1.165) is 23.3 Å². The van der Waals surface area contributed by atoms with Gasteiger partial charge in [0.05, 0.1) is 20.3 Å². The minimum absolute atomic E-state index is 0.115. The summed E-state index contributed by atoms with van der Waals surface area (Å²) < 4.78 is 23.9. The number of carbonyl (C=O) groups is 1. The lowest BCUT2D eigenvalue weighted by molar-refractivity contribution is 0.0935. The van der Waals surface area contributed by atoms with Gasteiger partial charge in [0.25, 0.3) is 5.91 Å². The van der Waals surface area contributed by atoms with Gasteiger partial charge in [-0.25, -0.2) is 4.39 Å². The fourth-order valence-electron chi connectivity index (χ4n) is 2.59. The number of halogens is 1. The number of benzene rings is 2. The lowest BCUT2D eigenvalue weighted by Gasteiger charge is -2.19. The van der Waals surface area contributed by atoms with Crippen LogP contribution in [-0.2, 0) is 0 Å². The summed E-state index contributed by atoms with van der Waals surface area (Å²) in [6.45, 7) is 3.94.